The van der Waals surface area contributed by atoms with Gasteiger partial charge in [0.25, 0.3) is 5.91 Å². The molecule has 0 saturated heterocycles. The molecule has 0 saturated carbocycles. The van der Waals surface area contributed by atoms with Gasteiger partial charge in [-0.2, -0.15) is 0 Å². The first-order valence-corrected chi connectivity index (χ1v) is 10.5. The van der Waals surface area contributed by atoms with Crippen LogP contribution in [0, 0.1) is 6.92 Å². The third-order valence-electron chi connectivity index (χ3n) is 4.58. The number of carbonyl (C=O) groups excluding carboxylic acids is 2. The van der Waals surface area contributed by atoms with Crippen LogP contribution in [0.2, 0.25) is 5.02 Å². The Morgan fingerprint density at radius 2 is 1.91 bits per heavy atom. The minimum absolute atomic E-state index is 0.216. The number of anilines is 2. The van der Waals surface area contributed by atoms with Gasteiger partial charge in [-0.25, -0.2) is 4.99 Å². The van der Waals surface area contributed by atoms with Gasteiger partial charge in [-0.15, -0.1) is 0 Å². The van der Waals surface area contributed by atoms with Crippen molar-refractivity contribution in [3.05, 3.63) is 82.6 Å². The minimum atomic E-state index is -0.395. The number of nitrogens with zero attached hydrogens (tertiary/aromatic N) is 2. The van der Waals surface area contributed by atoms with Crippen LogP contribution in [0.15, 0.2) is 65.8 Å². The van der Waals surface area contributed by atoms with Gasteiger partial charge in [0.2, 0.25) is 11.9 Å². The normalized spacial score (nSPS) is 11.0. The number of methoxy groups -OCH3 is 1. The van der Waals surface area contributed by atoms with Gasteiger partial charge in [0, 0.05) is 30.1 Å². The highest BCUT2D eigenvalue weighted by molar-refractivity contribution is 6.32. The van der Waals surface area contributed by atoms with Crippen molar-refractivity contribution in [2.45, 2.75) is 20.4 Å². The largest absolute Gasteiger partial charge is 0.495 e. The van der Waals surface area contributed by atoms with Gasteiger partial charge in [-0.1, -0.05) is 23.7 Å². The smallest absolute Gasteiger partial charge is 0.258 e. The molecule has 3 aromatic rings. The van der Waals surface area contributed by atoms with E-state index in [2.05, 4.69) is 25.9 Å². The summed E-state index contributed by atoms with van der Waals surface area (Å²) in [6.45, 7) is 3.51. The van der Waals surface area contributed by atoms with E-state index in [4.69, 9.17) is 16.3 Å². The molecular formula is C24H24ClN5O3. The molecule has 0 atom stereocenters. The lowest BCUT2D eigenvalue weighted by atomic mass is 10.1. The maximum Gasteiger partial charge on any atom is 0.258 e. The highest BCUT2D eigenvalue weighted by Gasteiger charge is 2.13. The zero-order valence-corrected chi connectivity index (χ0v) is 19.2. The fraction of sp³-hybridized carbons (Fsp3) is 0.167. The van der Waals surface area contributed by atoms with Crippen LogP contribution in [0.4, 0.5) is 11.4 Å². The summed E-state index contributed by atoms with van der Waals surface area (Å²) >= 11 is 6.22. The molecule has 2 amide bonds. The average molecular weight is 466 g/mol. The van der Waals surface area contributed by atoms with Gasteiger partial charge in [-0.3, -0.25) is 19.9 Å². The number of pyridine rings is 1. The predicted molar refractivity (Wildman–Crippen MR) is 130 cm³/mol. The molecule has 33 heavy (non-hydrogen) atoms. The number of aryl methyl sites for hydroxylation is 1. The van der Waals surface area contributed by atoms with Crippen molar-refractivity contribution in [1.82, 2.24) is 10.3 Å². The van der Waals surface area contributed by atoms with Crippen molar-refractivity contribution in [1.29, 1.82) is 0 Å². The summed E-state index contributed by atoms with van der Waals surface area (Å²) in [6.07, 6.45) is 1.68. The Balaban J connectivity index is 1.85. The zero-order valence-electron chi connectivity index (χ0n) is 18.5. The molecule has 3 N–H and O–H groups in total. The molecule has 0 fully saturated rings. The highest BCUT2D eigenvalue weighted by atomic mass is 35.5. The van der Waals surface area contributed by atoms with E-state index < -0.39 is 5.91 Å². The van der Waals surface area contributed by atoms with Crippen molar-refractivity contribution in [2.24, 2.45) is 4.99 Å². The number of ether oxygens (including phenoxy) is 1. The third kappa shape index (κ3) is 6.78. The number of guanidine groups is 1. The van der Waals surface area contributed by atoms with Crippen LogP contribution >= 0.6 is 11.6 Å². The highest BCUT2D eigenvalue weighted by Crippen LogP contribution is 2.27. The Morgan fingerprint density at radius 1 is 1.09 bits per heavy atom. The minimum Gasteiger partial charge on any atom is -0.495 e. The van der Waals surface area contributed by atoms with Crippen molar-refractivity contribution in [3.8, 4) is 5.75 Å². The monoisotopic (exact) mass is 465 g/mol. The Hall–Kier alpha value is -3.91. The zero-order chi connectivity index (χ0) is 23.8. The van der Waals surface area contributed by atoms with Crippen molar-refractivity contribution < 1.29 is 14.3 Å². The molecular weight excluding hydrogens is 442 g/mol. The van der Waals surface area contributed by atoms with E-state index >= 15 is 0 Å². The van der Waals surface area contributed by atoms with Crippen LogP contribution in [0.3, 0.4) is 0 Å². The molecule has 0 aliphatic rings. The predicted octanol–water partition coefficient (Wildman–Crippen LogP) is 4.41. The van der Waals surface area contributed by atoms with E-state index in [9.17, 15) is 9.59 Å². The standard InChI is InChI=1S/C24H24ClN5O3/c1-15-7-8-17(12-21(15)28-16(2)31)23(32)30-24(27-14-19-6-4-5-11-26-19)29-18-9-10-22(33-3)20(25)13-18/h4-13H,14H2,1-3H3,(H,28,31)(H2,27,29,30,32). The van der Waals surface area contributed by atoms with Gasteiger partial charge in [0.15, 0.2) is 0 Å². The number of amides is 2. The number of hydrogen-bond acceptors (Lipinski definition) is 5. The van der Waals surface area contributed by atoms with Crippen molar-refractivity contribution >= 4 is 40.7 Å². The van der Waals surface area contributed by atoms with Crippen LogP contribution in [0.5, 0.6) is 5.75 Å². The number of rotatable bonds is 6. The molecule has 170 valence electrons. The average Bonchev–Trinajstić information content (AvgIpc) is 2.79. The lowest BCUT2D eigenvalue weighted by molar-refractivity contribution is -0.114. The lowest BCUT2D eigenvalue weighted by Crippen LogP contribution is -2.36. The second-order valence-corrected chi connectivity index (χ2v) is 7.53. The molecule has 0 aliphatic carbocycles. The summed E-state index contributed by atoms with van der Waals surface area (Å²) in [5.41, 5.74) is 3.13. The first-order chi connectivity index (χ1) is 15.9. The second-order valence-electron chi connectivity index (χ2n) is 7.13. The van der Waals surface area contributed by atoms with E-state index in [1.807, 2.05) is 25.1 Å². The number of nitrogens with one attached hydrogen (secondary N) is 3. The molecule has 3 rings (SSSR count). The quantitative estimate of drug-likeness (QED) is 0.369. The molecule has 0 unspecified atom stereocenters. The lowest BCUT2D eigenvalue weighted by Gasteiger charge is -2.14. The number of halogens is 1. The first-order valence-electron chi connectivity index (χ1n) is 10.1. The van der Waals surface area contributed by atoms with Gasteiger partial charge in [-0.05, 0) is 55.0 Å². The molecule has 0 radical (unpaired) electrons. The molecule has 1 aromatic heterocycles. The van der Waals surface area contributed by atoms with E-state index in [1.165, 1.54) is 14.0 Å². The summed E-state index contributed by atoms with van der Waals surface area (Å²) in [5.74, 6) is 0.136. The van der Waals surface area contributed by atoms with Crippen molar-refractivity contribution in [3.63, 3.8) is 0 Å². The van der Waals surface area contributed by atoms with E-state index in [1.54, 1.807) is 42.6 Å². The molecule has 2 aromatic carbocycles. The summed E-state index contributed by atoms with van der Waals surface area (Å²) in [5, 5.41) is 9.00. The maximum atomic E-state index is 13.0. The van der Waals surface area contributed by atoms with Gasteiger partial charge in [0.1, 0.15) is 5.75 Å². The van der Waals surface area contributed by atoms with Crippen LogP contribution in [-0.4, -0.2) is 29.9 Å². The summed E-state index contributed by atoms with van der Waals surface area (Å²) in [4.78, 5) is 33.2. The van der Waals surface area contributed by atoms with E-state index in [0.717, 1.165) is 11.3 Å². The topological polar surface area (TPSA) is 105 Å². The Morgan fingerprint density at radius 3 is 2.58 bits per heavy atom. The number of hydrogen-bond donors (Lipinski definition) is 3. The fourth-order valence-corrected chi connectivity index (χ4v) is 3.17. The third-order valence-corrected chi connectivity index (χ3v) is 4.88. The molecule has 0 aliphatic heterocycles. The van der Waals surface area contributed by atoms with E-state index in [0.29, 0.717) is 27.7 Å². The number of aliphatic imine (C=N–C) groups is 1. The summed E-state index contributed by atoms with van der Waals surface area (Å²) < 4.78 is 5.18. The maximum absolute atomic E-state index is 13.0. The SMILES string of the molecule is COc1ccc(NC(=NCc2ccccn2)NC(=O)c2ccc(C)c(NC(C)=O)c2)cc1Cl. The molecule has 0 spiro atoms. The van der Waals surface area contributed by atoms with Crippen LogP contribution in [-0.2, 0) is 11.3 Å². The Kier molecular flexibility index (Phi) is 7.99. The second kappa shape index (κ2) is 11.1. The molecule has 0 bridgehead atoms. The first kappa shape index (κ1) is 23.7. The van der Waals surface area contributed by atoms with Crippen LogP contribution in [0.1, 0.15) is 28.5 Å². The fourth-order valence-electron chi connectivity index (χ4n) is 2.91. The van der Waals surface area contributed by atoms with Crippen molar-refractivity contribution in [2.75, 3.05) is 17.7 Å². The van der Waals surface area contributed by atoms with Gasteiger partial charge in [0.05, 0.1) is 24.4 Å². The van der Waals surface area contributed by atoms with E-state index in [-0.39, 0.29) is 18.4 Å². The summed E-state index contributed by atoms with van der Waals surface area (Å²) in [6, 6.07) is 15.7. The van der Waals surface area contributed by atoms with Gasteiger partial charge < -0.3 is 15.4 Å². The number of carbonyl (C=O) groups is 2. The molecule has 8 nitrogen and oxygen atoms in total. The molecule has 9 heteroatoms. The van der Waals surface area contributed by atoms with Gasteiger partial charge >= 0.3 is 0 Å². The number of benzene rings is 2. The Bertz CT molecular complexity index is 1180. The van der Waals surface area contributed by atoms with Crippen LogP contribution < -0.4 is 20.7 Å². The summed E-state index contributed by atoms with van der Waals surface area (Å²) in [7, 11) is 1.53. The van der Waals surface area contributed by atoms with Crippen LogP contribution in [0.25, 0.3) is 0 Å². The molecule has 1 heterocycles. The Labute approximate surface area is 197 Å². The number of aromatic nitrogens is 1.